The Labute approximate surface area is 74.3 Å². The standard InChI is InChI=1S/C10H7NO2/c12-8-2-1-6-5-11-10-7(9(6)8)3-4-13-10/h1-3,5,12H,4H2. The summed E-state index contributed by atoms with van der Waals surface area (Å²) >= 11 is 0. The Morgan fingerprint density at radius 1 is 1.38 bits per heavy atom. The maximum atomic E-state index is 9.57. The zero-order valence-electron chi connectivity index (χ0n) is 6.82. The second-order valence-corrected chi connectivity index (χ2v) is 3.04. The van der Waals surface area contributed by atoms with Crippen LogP contribution in [0, 0.1) is 0 Å². The third-order valence-electron chi connectivity index (χ3n) is 2.29. The van der Waals surface area contributed by atoms with E-state index in [2.05, 4.69) is 4.98 Å². The number of hydrogen-bond acceptors (Lipinski definition) is 3. The van der Waals surface area contributed by atoms with Crippen molar-refractivity contribution in [2.75, 3.05) is 6.61 Å². The quantitative estimate of drug-likeness (QED) is 0.598. The molecule has 0 atom stereocenters. The van der Waals surface area contributed by atoms with Crippen LogP contribution in [-0.4, -0.2) is 16.7 Å². The van der Waals surface area contributed by atoms with Crippen molar-refractivity contribution in [1.29, 1.82) is 0 Å². The van der Waals surface area contributed by atoms with Gasteiger partial charge >= 0.3 is 0 Å². The van der Waals surface area contributed by atoms with Gasteiger partial charge in [0, 0.05) is 22.2 Å². The number of nitrogens with zero attached hydrogens (tertiary/aromatic N) is 1. The highest BCUT2D eigenvalue weighted by Gasteiger charge is 2.13. The van der Waals surface area contributed by atoms with Gasteiger partial charge in [0.2, 0.25) is 5.88 Å². The molecule has 2 aliphatic rings. The second-order valence-electron chi connectivity index (χ2n) is 3.04. The summed E-state index contributed by atoms with van der Waals surface area (Å²) in [7, 11) is 0. The van der Waals surface area contributed by atoms with Gasteiger partial charge in [-0.3, -0.25) is 0 Å². The van der Waals surface area contributed by atoms with Gasteiger partial charge in [0.1, 0.15) is 12.4 Å². The van der Waals surface area contributed by atoms with E-state index in [1.807, 2.05) is 12.2 Å². The first-order chi connectivity index (χ1) is 6.36. The van der Waals surface area contributed by atoms with Crippen molar-refractivity contribution in [3.05, 3.63) is 28.3 Å². The van der Waals surface area contributed by atoms with Crippen molar-refractivity contribution in [3.63, 3.8) is 0 Å². The van der Waals surface area contributed by atoms with Crippen LogP contribution in [0.25, 0.3) is 17.9 Å². The molecule has 0 aromatic carbocycles. The van der Waals surface area contributed by atoms with E-state index in [-0.39, 0.29) is 0 Å². The van der Waals surface area contributed by atoms with Gasteiger partial charge in [-0.05, 0) is 18.2 Å². The van der Waals surface area contributed by atoms with Crippen molar-refractivity contribution in [3.8, 4) is 5.88 Å². The SMILES string of the molecule is OC1=c2c(cnc3c2=CCO3)C=C1. The fourth-order valence-corrected chi connectivity index (χ4v) is 1.70. The molecule has 3 rings (SSSR count). The number of pyridine rings is 1. The first kappa shape index (κ1) is 6.71. The van der Waals surface area contributed by atoms with Gasteiger partial charge in [-0.2, -0.15) is 0 Å². The van der Waals surface area contributed by atoms with Gasteiger partial charge in [-0.1, -0.05) is 0 Å². The summed E-state index contributed by atoms with van der Waals surface area (Å²) in [5, 5.41) is 11.3. The maximum Gasteiger partial charge on any atom is 0.221 e. The summed E-state index contributed by atoms with van der Waals surface area (Å²) in [5.74, 6) is 0.921. The molecule has 1 aromatic heterocycles. The minimum absolute atomic E-state index is 0.301. The van der Waals surface area contributed by atoms with Crippen molar-refractivity contribution in [1.82, 2.24) is 4.98 Å². The van der Waals surface area contributed by atoms with E-state index in [1.54, 1.807) is 12.3 Å². The molecule has 1 N–H and O–H groups in total. The number of fused-ring (bicyclic) bond motifs is 3. The van der Waals surface area contributed by atoms with E-state index >= 15 is 0 Å². The molecule has 3 nitrogen and oxygen atoms in total. The number of rotatable bonds is 0. The van der Waals surface area contributed by atoms with Crippen LogP contribution < -0.4 is 15.2 Å². The van der Waals surface area contributed by atoms with E-state index in [9.17, 15) is 5.11 Å². The second kappa shape index (κ2) is 2.13. The summed E-state index contributed by atoms with van der Waals surface area (Å²) in [4.78, 5) is 4.14. The first-order valence-electron chi connectivity index (χ1n) is 4.09. The molecular formula is C10H7NO2. The lowest BCUT2D eigenvalue weighted by atomic mass is 10.2. The molecule has 64 valence electrons. The molecule has 2 heterocycles. The van der Waals surface area contributed by atoms with E-state index in [4.69, 9.17) is 4.74 Å². The highest BCUT2D eigenvalue weighted by molar-refractivity contribution is 5.72. The third-order valence-corrected chi connectivity index (χ3v) is 2.29. The van der Waals surface area contributed by atoms with Gasteiger partial charge in [-0.25, -0.2) is 4.98 Å². The van der Waals surface area contributed by atoms with Crippen LogP contribution in [0.15, 0.2) is 12.3 Å². The van der Waals surface area contributed by atoms with Crippen LogP contribution in [0.2, 0.25) is 0 Å². The molecule has 0 radical (unpaired) electrons. The molecule has 1 aliphatic carbocycles. The number of ether oxygens (including phenoxy) is 1. The summed E-state index contributed by atoms with van der Waals surface area (Å²) in [6, 6.07) is 0. The maximum absolute atomic E-state index is 9.57. The lowest BCUT2D eigenvalue weighted by Gasteiger charge is -1.96. The largest absolute Gasteiger partial charge is 0.507 e. The zero-order chi connectivity index (χ0) is 8.84. The van der Waals surface area contributed by atoms with E-state index in [0.717, 1.165) is 16.0 Å². The fraction of sp³-hybridized carbons (Fsp3) is 0.100. The number of aliphatic hydroxyl groups excluding tert-OH is 1. The van der Waals surface area contributed by atoms with Crippen LogP contribution in [-0.2, 0) is 0 Å². The van der Waals surface area contributed by atoms with Gasteiger partial charge < -0.3 is 9.84 Å². The average Bonchev–Trinajstić information content (AvgIpc) is 2.70. The number of aliphatic hydroxyl groups is 1. The molecule has 0 amide bonds. The lowest BCUT2D eigenvalue weighted by molar-refractivity contribution is 0.370. The molecular weight excluding hydrogens is 166 g/mol. The summed E-state index contributed by atoms with van der Waals surface area (Å²) in [6.07, 6.45) is 7.18. The van der Waals surface area contributed by atoms with E-state index < -0.39 is 0 Å². The molecule has 1 aliphatic heterocycles. The minimum atomic E-state index is 0.301. The first-order valence-corrected chi connectivity index (χ1v) is 4.09. The van der Waals surface area contributed by atoms with E-state index in [0.29, 0.717) is 18.2 Å². The third kappa shape index (κ3) is 0.758. The molecule has 0 spiro atoms. The molecule has 0 saturated carbocycles. The Bertz CT molecular complexity index is 529. The Kier molecular flexibility index (Phi) is 1.10. The Morgan fingerprint density at radius 3 is 3.23 bits per heavy atom. The van der Waals surface area contributed by atoms with Crippen molar-refractivity contribution in [2.24, 2.45) is 0 Å². The molecule has 0 bridgehead atoms. The van der Waals surface area contributed by atoms with Crippen molar-refractivity contribution >= 4 is 17.9 Å². The molecule has 3 heteroatoms. The number of hydrogen-bond donors (Lipinski definition) is 1. The lowest BCUT2D eigenvalue weighted by Crippen LogP contribution is -2.27. The van der Waals surface area contributed by atoms with E-state index in [1.165, 1.54) is 0 Å². The van der Waals surface area contributed by atoms with Crippen molar-refractivity contribution in [2.45, 2.75) is 0 Å². The summed E-state index contributed by atoms with van der Waals surface area (Å²) < 4.78 is 5.25. The molecule has 0 fully saturated rings. The predicted molar refractivity (Wildman–Crippen MR) is 48.5 cm³/mol. The van der Waals surface area contributed by atoms with Gasteiger partial charge in [0.25, 0.3) is 0 Å². The Hall–Kier alpha value is -1.77. The topological polar surface area (TPSA) is 42.4 Å². The normalized spacial score (nSPS) is 16.5. The highest BCUT2D eigenvalue weighted by atomic mass is 16.5. The fourth-order valence-electron chi connectivity index (χ4n) is 1.70. The predicted octanol–water partition coefficient (Wildman–Crippen LogP) is -0.0525. The Morgan fingerprint density at radius 2 is 2.31 bits per heavy atom. The molecule has 13 heavy (non-hydrogen) atoms. The summed E-state index contributed by atoms with van der Waals surface area (Å²) in [5.41, 5.74) is 0.956. The monoisotopic (exact) mass is 173 g/mol. The van der Waals surface area contributed by atoms with Crippen LogP contribution in [0.4, 0.5) is 0 Å². The van der Waals surface area contributed by atoms with Crippen LogP contribution in [0.5, 0.6) is 5.88 Å². The van der Waals surface area contributed by atoms with Crippen LogP contribution in [0.3, 0.4) is 0 Å². The number of aromatic nitrogens is 1. The average molecular weight is 173 g/mol. The smallest absolute Gasteiger partial charge is 0.221 e. The minimum Gasteiger partial charge on any atom is -0.507 e. The van der Waals surface area contributed by atoms with Gasteiger partial charge in [0.15, 0.2) is 0 Å². The van der Waals surface area contributed by atoms with Crippen LogP contribution in [0.1, 0.15) is 5.56 Å². The zero-order valence-corrected chi connectivity index (χ0v) is 6.82. The summed E-state index contributed by atoms with van der Waals surface area (Å²) in [6.45, 7) is 0.548. The molecule has 0 saturated heterocycles. The van der Waals surface area contributed by atoms with Crippen molar-refractivity contribution < 1.29 is 9.84 Å². The molecule has 0 unspecified atom stereocenters. The highest BCUT2D eigenvalue weighted by Crippen LogP contribution is 2.09. The van der Waals surface area contributed by atoms with Gasteiger partial charge in [-0.15, -0.1) is 0 Å². The van der Waals surface area contributed by atoms with Gasteiger partial charge in [0.05, 0.1) is 0 Å². The van der Waals surface area contributed by atoms with Crippen LogP contribution >= 0.6 is 0 Å². The Balaban J connectivity index is 2.57. The molecule has 1 aromatic rings.